The van der Waals surface area contributed by atoms with E-state index >= 15 is 0 Å². The molecule has 0 saturated heterocycles. The molecule has 0 bridgehead atoms. The Kier molecular flexibility index (Phi) is 3.97. The molecular weight excluding hydrogens is 226 g/mol. The van der Waals surface area contributed by atoms with E-state index in [0.29, 0.717) is 13.2 Å². The molecule has 0 aliphatic heterocycles. The van der Waals surface area contributed by atoms with Crippen LogP contribution in [0.2, 0.25) is 0 Å². The summed E-state index contributed by atoms with van der Waals surface area (Å²) in [5, 5.41) is 18.8. The Bertz CT molecular complexity index is 413. The van der Waals surface area contributed by atoms with Crippen molar-refractivity contribution >= 4 is 11.3 Å². The number of nitrogens with zero attached hydrogens (tertiary/aromatic N) is 4. The molecule has 0 amide bonds. The lowest BCUT2D eigenvalue weighted by atomic mass is 10.5. The number of rotatable bonds is 6. The van der Waals surface area contributed by atoms with Gasteiger partial charge in [0.2, 0.25) is 0 Å². The second kappa shape index (κ2) is 5.69. The van der Waals surface area contributed by atoms with Crippen molar-refractivity contribution in [2.45, 2.75) is 6.54 Å². The molecule has 86 valence electrons. The summed E-state index contributed by atoms with van der Waals surface area (Å²) < 4.78 is 6.68. The number of hydrogen-bond acceptors (Lipinski definition) is 6. The predicted molar refractivity (Wildman–Crippen MR) is 60.6 cm³/mol. The molecule has 0 unspecified atom stereocenters. The number of thiophene rings is 1. The van der Waals surface area contributed by atoms with Gasteiger partial charge in [-0.2, -0.15) is 16.0 Å². The highest BCUT2D eigenvalue weighted by Crippen LogP contribution is 2.11. The van der Waals surface area contributed by atoms with Crippen molar-refractivity contribution in [2.75, 3.05) is 20.3 Å². The van der Waals surface area contributed by atoms with Crippen molar-refractivity contribution in [2.24, 2.45) is 0 Å². The number of ether oxygens (including phenoxy) is 1. The predicted octanol–water partition coefficient (Wildman–Crippen LogP) is 0.460. The van der Waals surface area contributed by atoms with Gasteiger partial charge in [-0.1, -0.05) is 0 Å². The summed E-state index contributed by atoms with van der Waals surface area (Å²) in [7, 11) is 1.68. The molecule has 2 aromatic heterocycles. The summed E-state index contributed by atoms with van der Waals surface area (Å²) in [6, 6.07) is 1.99. The van der Waals surface area contributed by atoms with E-state index in [2.05, 4.69) is 20.8 Å². The topological polar surface area (TPSA) is 64.9 Å². The minimum atomic E-state index is 0.631. The number of tetrazole rings is 1. The number of nitrogens with one attached hydrogen (secondary N) is 1. The van der Waals surface area contributed by atoms with Crippen molar-refractivity contribution in [3.8, 4) is 5.69 Å². The van der Waals surface area contributed by atoms with E-state index in [1.807, 2.05) is 16.8 Å². The smallest absolute Gasteiger partial charge is 0.170 e. The van der Waals surface area contributed by atoms with Crippen LogP contribution < -0.4 is 5.32 Å². The third kappa shape index (κ3) is 2.63. The van der Waals surface area contributed by atoms with E-state index in [-0.39, 0.29) is 0 Å². The average Bonchev–Trinajstić information content (AvgIpc) is 2.94. The van der Waals surface area contributed by atoms with Crippen LogP contribution in [0, 0.1) is 0 Å². The summed E-state index contributed by atoms with van der Waals surface area (Å²) in [6.07, 6.45) is 0. The van der Waals surface area contributed by atoms with Crippen LogP contribution >= 0.6 is 11.3 Å². The van der Waals surface area contributed by atoms with Gasteiger partial charge in [0.05, 0.1) is 18.8 Å². The zero-order valence-corrected chi connectivity index (χ0v) is 9.78. The van der Waals surface area contributed by atoms with E-state index in [1.54, 1.807) is 23.1 Å². The van der Waals surface area contributed by atoms with E-state index in [9.17, 15) is 0 Å². The minimum Gasteiger partial charge on any atom is -0.383 e. The molecule has 1 N–H and O–H groups in total. The fourth-order valence-electron chi connectivity index (χ4n) is 1.27. The van der Waals surface area contributed by atoms with E-state index in [0.717, 1.165) is 18.1 Å². The highest BCUT2D eigenvalue weighted by Gasteiger charge is 2.07. The van der Waals surface area contributed by atoms with Crippen LogP contribution in [0.3, 0.4) is 0 Å². The van der Waals surface area contributed by atoms with Crippen LogP contribution in [0.1, 0.15) is 5.82 Å². The molecule has 0 aliphatic rings. The fraction of sp³-hybridized carbons (Fsp3) is 0.444. The van der Waals surface area contributed by atoms with E-state index in [1.165, 1.54) is 0 Å². The Balaban J connectivity index is 1.97. The summed E-state index contributed by atoms with van der Waals surface area (Å²) in [5.41, 5.74) is 0.999. The standard InChI is InChI=1S/C9H13N5OS/c1-15-4-3-10-6-9-11-12-13-14(9)8-2-5-16-7-8/h2,5,7,10H,3-4,6H2,1H3. The van der Waals surface area contributed by atoms with Crippen LogP contribution in [-0.2, 0) is 11.3 Å². The zero-order valence-electron chi connectivity index (χ0n) is 8.96. The molecule has 0 aliphatic carbocycles. The second-order valence-corrected chi connectivity index (χ2v) is 3.94. The molecule has 2 aromatic rings. The molecule has 0 radical (unpaired) electrons. The summed E-state index contributed by atoms with van der Waals surface area (Å²) in [5.74, 6) is 0.800. The van der Waals surface area contributed by atoms with Gasteiger partial charge in [0.15, 0.2) is 5.82 Å². The van der Waals surface area contributed by atoms with Gasteiger partial charge in [0, 0.05) is 19.0 Å². The fourth-order valence-corrected chi connectivity index (χ4v) is 1.88. The lowest BCUT2D eigenvalue weighted by Gasteiger charge is -2.03. The maximum Gasteiger partial charge on any atom is 0.170 e. The Morgan fingerprint density at radius 1 is 1.56 bits per heavy atom. The number of hydrogen-bond donors (Lipinski definition) is 1. The van der Waals surface area contributed by atoms with Crippen LogP contribution in [0.25, 0.3) is 5.69 Å². The van der Waals surface area contributed by atoms with Crippen LogP contribution in [0.4, 0.5) is 0 Å². The van der Waals surface area contributed by atoms with Crippen LogP contribution in [0.15, 0.2) is 16.8 Å². The highest BCUT2D eigenvalue weighted by molar-refractivity contribution is 7.08. The average molecular weight is 239 g/mol. The van der Waals surface area contributed by atoms with Gasteiger partial charge in [0.1, 0.15) is 0 Å². The maximum absolute atomic E-state index is 4.94. The van der Waals surface area contributed by atoms with E-state index in [4.69, 9.17) is 4.74 Å². The molecule has 7 heteroatoms. The zero-order chi connectivity index (χ0) is 11.2. The normalized spacial score (nSPS) is 10.8. The first-order valence-electron chi connectivity index (χ1n) is 4.91. The molecule has 6 nitrogen and oxygen atoms in total. The van der Waals surface area contributed by atoms with Crippen molar-refractivity contribution < 1.29 is 4.74 Å². The first-order valence-corrected chi connectivity index (χ1v) is 5.85. The van der Waals surface area contributed by atoms with Gasteiger partial charge in [-0.25, -0.2) is 0 Å². The third-order valence-electron chi connectivity index (χ3n) is 2.05. The molecule has 0 fully saturated rings. The number of methoxy groups -OCH3 is 1. The minimum absolute atomic E-state index is 0.631. The molecule has 0 aromatic carbocycles. The van der Waals surface area contributed by atoms with Gasteiger partial charge in [-0.3, -0.25) is 0 Å². The molecule has 2 rings (SSSR count). The van der Waals surface area contributed by atoms with Gasteiger partial charge in [-0.15, -0.1) is 5.10 Å². The second-order valence-electron chi connectivity index (χ2n) is 3.16. The summed E-state index contributed by atoms with van der Waals surface area (Å²) >= 11 is 1.62. The molecule has 16 heavy (non-hydrogen) atoms. The molecule has 0 saturated carbocycles. The molecular formula is C9H13N5OS. The van der Waals surface area contributed by atoms with Crippen LogP contribution in [0.5, 0.6) is 0 Å². The maximum atomic E-state index is 4.94. The molecule has 0 atom stereocenters. The largest absolute Gasteiger partial charge is 0.383 e. The van der Waals surface area contributed by atoms with Crippen molar-refractivity contribution in [1.82, 2.24) is 25.5 Å². The SMILES string of the molecule is COCCNCc1nnnn1-c1ccsc1. The first kappa shape index (κ1) is 11.2. The summed E-state index contributed by atoms with van der Waals surface area (Å²) in [6.45, 7) is 2.10. The van der Waals surface area contributed by atoms with Gasteiger partial charge in [-0.05, 0) is 21.9 Å². The van der Waals surface area contributed by atoms with Crippen molar-refractivity contribution in [3.63, 3.8) is 0 Å². The Hall–Kier alpha value is -1.31. The van der Waals surface area contributed by atoms with Crippen molar-refractivity contribution in [3.05, 3.63) is 22.7 Å². The molecule has 0 spiro atoms. The molecule has 2 heterocycles. The monoisotopic (exact) mass is 239 g/mol. The highest BCUT2D eigenvalue weighted by atomic mass is 32.1. The quantitative estimate of drug-likeness (QED) is 0.742. The van der Waals surface area contributed by atoms with E-state index < -0.39 is 0 Å². The lowest BCUT2D eigenvalue weighted by Crippen LogP contribution is -2.21. The first-order chi connectivity index (χ1) is 7.92. The Morgan fingerprint density at radius 2 is 2.50 bits per heavy atom. The van der Waals surface area contributed by atoms with Gasteiger partial charge < -0.3 is 10.1 Å². The number of aromatic nitrogens is 4. The van der Waals surface area contributed by atoms with Gasteiger partial charge >= 0.3 is 0 Å². The van der Waals surface area contributed by atoms with Crippen molar-refractivity contribution in [1.29, 1.82) is 0 Å². The Morgan fingerprint density at radius 3 is 3.25 bits per heavy atom. The third-order valence-corrected chi connectivity index (χ3v) is 2.72. The Labute approximate surface area is 97.2 Å². The lowest BCUT2D eigenvalue weighted by molar-refractivity contribution is 0.199. The summed E-state index contributed by atoms with van der Waals surface area (Å²) in [4.78, 5) is 0. The van der Waals surface area contributed by atoms with Crippen LogP contribution in [-0.4, -0.2) is 40.5 Å². The van der Waals surface area contributed by atoms with Gasteiger partial charge in [0.25, 0.3) is 0 Å².